The van der Waals surface area contributed by atoms with Gasteiger partial charge >= 0.3 is 0 Å². The normalized spacial score (nSPS) is 44.8. The molecule has 170 valence electrons. The highest BCUT2D eigenvalue weighted by Crippen LogP contribution is 2.69. The van der Waals surface area contributed by atoms with Crippen molar-refractivity contribution >= 4 is 5.78 Å². The van der Waals surface area contributed by atoms with Gasteiger partial charge in [0.25, 0.3) is 0 Å². The van der Waals surface area contributed by atoms with Crippen molar-refractivity contribution in [2.45, 2.75) is 58.2 Å². The van der Waals surface area contributed by atoms with E-state index in [1.54, 1.807) is 12.2 Å². The summed E-state index contributed by atoms with van der Waals surface area (Å²) in [7, 11) is 0. The Bertz CT molecular complexity index is 1010. The van der Waals surface area contributed by atoms with Gasteiger partial charge in [0, 0.05) is 16.7 Å². The molecule has 2 N–H and O–H groups in total. The second-order valence-electron chi connectivity index (χ2n) is 11.0. The Morgan fingerprint density at radius 3 is 2.66 bits per heavy atom. The van der Waals surface area contributed by atoms with Gasteiger partial charge in [0.2, 0.25) is 0 Å². The Hall–Kier alpha value is -2.17. The van der Waals surface area contributed by atoms with Crippen molar-refractivity contribution in [1.82, 2.24) is 0 Å². The number of aliphatic hydroxyl groups excluding tert-OH is 1. The zero-order valence-electron chi connectivity index (χ0n) is 19.3. The highest BCUT2D eigenvalue weighted by atomic mass is 16.5. The minimum Gasteiger partial charge on any atom is -0.459 e. The summed E-state index contributed by atoms with van der Waals surface area (Å²) in [5.41, 5.74) is -0.925. The lowest BCUT2D eigenvalue weighted by molar-refractivity contribution is -0.164. The van der Waals surface area contributed by atoms with Gasteiger partial charge in [0.15, 0.2) is 5.78 Å². The van der Waals surface area contributed by atoms with Crippen LogP contribution in [-0.2, 0) is 4.79 Å². The number of fused-ring (bicyclic) bond motifs is 5. The fraction of sp³-hybridized carbons (Fsp3) is 0.536. The van der Waals surface area contributed by atoms with Gasteiger partial charge in [-0.25, -0.2) is 0 Å². The van der Waals surface area contributed by atoms with E-state index < -0.39 is 17.1 Å². The number of hydrogen-bond donors (Lipinski definition) is 2. The number of aliphatic hydroxyl groups is 2. The first-order valence-corrected chi connectivity index (χ1v) is 11.9. The van der Waals surface area contributed by atoms with Crippen LogP contribution >= 0.6 is 0 Å². The van der Waals surface area contributed by atoms with Crippen LogP contribution in [0.4, 0.5) is 0 Å². The van der Waals surface area contributed by atoms with Crippen LogP contribution in [0.15, 0.2) is 66.5 Å². The summed E-state index contributed by atoms with van der Waals surface area (Å²) in [5.74, 6) is 1.61. The van der Waals surface area contributed by atoms with Crippen molar-refractivity contribution in [2.75, 3.05) is 0 Å². The quantitative estimate of drug-likeness (QED) is 0.669. The minimum absolute atomic E-state index is 0.0344. The molecule has 32 heavy (non-hydrogen) atoms. The second-order valence-corrected chi connectivity index (χ2v) is 11.0. The predicted molar refractivity (Wildman–Crippen MR) is 124 cm³/mol. The standard InChI is InChI=1S/C28H34O4/c1-17-14-23-22-11-10-19-15-20(29)12-13-26(19,3)25(22)24(30)16-27(23,4)28(17,31)18(2)32-21-8-6-5-7-9-21/h5-9,12-13,15,17,22-25,30-31H,2,10-11,14,16H2,1,3-4H3/t17-,22+,23+,24+,25-,26+,27+,28+/m1/s1. The molecule has 4 heteroatoms. The van der Waals surface area contributed by atoms with Gasteiger partial charge in [0.1, 0.15) is 17.1 Å². The molecule has 1 aromatic carbocycles. The maximum atomic E-state index is 12.2. The van der Waals surface area contributed by atoms with Crippen LogP contribution in [0.1, 0.15) is 46.5 Å². The van der Waals surface area contributed by atoms with Crippen molar-refractivity contribution in [1.29, 1.82) is 0 Å². The van der Waals surface area contributed by atoms with Crippen LogP contribution in [0.3, 0.4) is 0 Å². The average Bonchev–Trinajstić information content (AvgIpc) is 2.96. The molecular formula is C28H34O4. The Labute approximate surface area is 190 Å². The van der Waals surface area contributed by atoms with Gasteiger partial charge in [-0.3, -0.25) is 4.79 Å². The summed E-state index contributed by atoms with van der Waals surface area (Å²) >= 11 is 0. The molecule has 4 aliphatic carbocycles. The van der Waals surface area contributed by atoms with Crippen LogP contribution in [0.25, 0.3) is 0 Å². The molecular weight excluding hydrogens is 400 g/mol. The Balaban J connectivity index is 1.50. The highest BCUT2D eigenvalue weighted by Gasteiger charge is 2.69. The third kappa shape index (κ3) is 2.78. The zero-order chi connectivity index (χ0) is 22.9. The number of allylic oxidation sites excluding steroid dienone is 4. The third-order valence-corrected chi connectivity index (χ3v) is 9.49. The first kappa shape index (κ1) is 21.7. The average molecular weight is 435 g/mol. The highest BCUT2D eigenvalue weighted by molar-refractivity contribution is 6.01. The molecule has 4 aliphatic rings. The summed E-state index contributed by atoms with van der Waals surface area (Å²) in [5, 5.41) is 23.7. The van der Waals surface area contributed by atoms with Crippen LogP contribution in [-0.4, -0.2) is 27.7 Å². The van der Waals surface area contributed by atoms with Gasteiger partial charge in [-0.05, 0) is 67.7 Å². The summed E-state index contributed by atoms with van der Waals surface area (Å²) in [6.07, 6.45) is 8.04. The molecule has 0 aromatic heterocycles. The van der Waals surface area contributed by atoms with Crippen molar-refractivity contribution in [3.05, 3.63) is 66.5 Å². The monoisotopic (exact) mass is 434 g/mol. The van der Waals surface area contributed by atoms with Crippen LogP contribution in [0, 0.1) is 34.5 Å². The maximum absolute atomic E-state index is 12.2. The first-order chi connectivity index (χ1) is 15.1. The molecule has 0 radical (unpaired) electrons. The first-order valence-electron chi connectivity index (χ1n) is 11.9. The largest absolute Gasteiger partial charge is 0.459 e. The van der Waals surface area contributed by atoms with E-state index in [4.69, 9.17) is 4.74 Å². The molecule has 4 nitrogen and oxygen atoms in total. The van der Waals surface area contributed by atoms with Crippen molar-refractivity contribution < 1.29 is 19.7 Å². The number of hydrogen-bond acceptors (Lipinski definition) is 4. The van der Waals surface area contributed by atoms with E-state index in [1.165, 1.54) is 0 Å². The van der Waals surface area contributed by atoms with Crippen molar-refractivity contribution in [3.8, 4) is 5.75 Å². The number of carbonyl (C=O) groups excluding carboxylic acids is 1. The van der Waals surface area contributed by atoms with Crippen molar-refractivity contribution in [3.63, 3.8) is 0 Å². The number of ether oxygens (including phenoxy) is 1. The summed E-state index contributed by atoms with van der Waals surface area (Å²) < 4.78 is 6.09. The molecule has 0 saturated heterocycles. The van der Waals surface area contributed by atoms with Gasteiger partial charge < -0.3 is 14.9 Å². The number of rotatable bonds is 3. The summed E-state index contributed by atoms with van der Waals surface area (Å²) in [6, 6.07) is 9.47. The lowest BCUT2D eigenvalue weighted by Crippen LogP contribution is -2.60. The van der Waals surface area contributed by atoms with E-state index in [-0.39, 0.29) is 34.9 Å². The molecule has 0 unspecified atom stereocenters. The number of carbonyl (C=O) groups is 1. The smallest absolute Gasteiger partial charge is 0.178 e. The SMILES string of the molecule is C=C(Oc1ccccc1)[C@@]1(O)[C@H](C)C[C@H]2[C@@H]3CCC4=CC(=O)C=C[C@]4(C)[C@H]3[C@@H](O)C[C@@]21C. The molecule has 0 amide bonds. The molecule has 5 rings (SSSR count). The molecule has 0 spiro atoms. The van der Waals surface area contributed by atoms with E-state index in [9.17, 15) is 15.0 Å². The Morgan fingerprint density at radius 2 is 1.94 bits per heavy atom. The number of benzene rings is 1. The predicted octanol–water partition coefficient (Wildman–Crippen LogP) is 4.83. The van der Waals surface area contributed by atoms with Gasteiger partial charge in [0.05, 0.1) is 6.10 Å². The fourth-order valence-electron chi connectivity index (χ4n) is 7.96. The molecule has 1 aromatic rings. The van der Waals surface area contributed by atoms with E-state index in [0.29, 0.717) is 17.9 Å². The topological polar surface area (TPSA) is 66.8 Å². The van der Waals surface area contributed by atoms with Gasteiger partial charge in [-0.15, -0.1) is 0 Å². The Morgan fingerprint density at radius 1 is 1.22 bits per heavy atom. The van der Waals surface area contributed by atoms with Gasteiger partial charge in [-0.1, -0.05) is 57.2 Å². The van der Waals surface area contributed by atoms with E-state index in [0.717, 1.165) is 24.8 Å². The molecule has 8 atom stereocenters. The summed E-state index contributed by atoms with van der Waals surface area (Å²) in [4.78, 5) is 12.0. The summed E-state index contributed by atoms with van der Waals surface area (Å²) in [6.45, 7) is 10.6. The van der Waals surface area contributed by atoms with Gasteiger partial charge in [-0.2, -0.15) is 0 Å². The third-order valence-electron chi connectivity index (χ3n) is 9.49. The van der Waals surface area contributed by atoms with Crippen LogP contribution < -0.4 is 4.74 Å². The van der Waals surface area contributed by atoms with E-state index in [2.05, 4.69) is 27.4 Å². The number of ketones is 1. The lowest BCUT2D eigenvalue weighted by Gasteiger charge is -2.60. The number of para-hydroxylation sites is 1. The van der Waals surface area contributed by atoms with Crippen LogP contribution in [0.2, 0.25) is 0 Å². The molecule has 0 aliphatic heterocycles. The second kappa shape index (κ2) is 7.16. The lowest BCUT2D eigenvalue weighted by atomic mass is 9.46. The van der Waals surface area contributed by atoms with E-state index >= 15 is 0 Å². The van der Waals surface area contributed by atoms with Crippen molar-refractivity contribution in [2.24, 2.45) is 34.5 Å². The molecule has 3 fully saturated rings. The molecule has 3 saturated carbocycles. The zero-order valence-corrected chi connectivity index (χ0v) is 19.3. The Kier molecular flexibility index (Phi) is 4.85. The van der Waals surface area contributed by atoms with E-state index in [1.807, 2.05) is 36.4 Å². The molecule has 0 heterocycles. The minimum atomic E-state index is -1.23. The molecule has 0 bridgehead atoms. The van der Waals surface area contributed by atoms with Crippen LogP contribution in [0.5, 0.6) is 5.75 Å². The fourth-order valence-corrected chi connectivity index (χ4v) is 7.96. The maximum Gasteiger partial charge on any atom is 0.178 e.